The first-order valence-corrected chi connectivity index (χ1v) is 12.4. The van der Waals surface area contributed by atoms with Crippen LogP contribution in [-0.4, -0.2) is 69.2 Å². The molecule has 3 aromatic carbocycles. The van der Waals surface area contributed by atoms with E-state index < -0.39 is 0 Å². The van der Waals surface area contributed by atoms with Crippen molar-refractivity contribution in [2.45, 2.75) is 12.5 Å². The minimum atomic E-state index is -0.220. The lowest BCUT2D eigenvalue weighted by molar-refractivity contribution is -0.133. The topological polar surface area (TPSA) is 45.3 Å². The summed E-state index contributed by atoms with van der Waals surface area (Å²) in [6.07, 6.45) is 0.827. The average molecular weight is 490 g/mol. The number of amides is 1. The average Bonchev–Trinajstić information content (AvgIpc) is 2.93. The number of carbonyl (C=O) groups is 1. The van der Waals surface area contributed by atoms with Gasteiger partial charge in [-0.2, -0.15) is 0 Å². The van der Waals surface area contributed by atoms with Crippen molar-refractivity contribution < 1.29 is 18.7 Å². The molecular weight excluding hydrogens is 457 g/mol. The summed E-state index contributed by atoms with van der Waals surface area (Å²) in [5.74, 6) is 1.30. The van der Waals surface area contributed by atoms with Crippen LogP contribution in [0.3, 0.4) is 0 Å². The maximum atomic E-state index is 14.2. The van der Waals surface area contributed by atoms with Gasteiger partial charge in [0.25, 0.3) is 0 Å². The molecule has 1 saturated heterocycles. The van der Waals surface area contributed by atoms with Gasteiger partial charge in [0.1, 0.15) is 5.82 Å². The third-order valence-corrected chi connectivity index (χ3v) is 7.25. The van der Waals surface area contributed by atoms with Crippen LogP contribution < -0.4 is 14.4 Å². The molecule has 5 rings (SSSR count). The van der Waals surface area contributed by atoms with E-state index in [2.05, 4.69) is 29.2 Å². The summed E-state index contributed by atoms with van der Waals surface area (Å²) in [4.78, 5) is 19.6. The number of rotatable bonds is 6. The number of hydrogen-bond acceptors (Lipinski definition) is 5. The van der Waals surface area contributed by atoms with Crippen LogP contribution in [0.4, 0.5) is 10.1 Å². The van der Waals surface area contributed by atoms with Gasteiger partial charge in [0, 0.05) is 32.7 Å². The van der Waals surface area contributed by atoms with Crippen molar-refractivity contribution in [3.05, 3.63) is 89.2 Å². The van der Waals surface area contributed by atoms with Crippen molar-refractivity contribution >= 4 is 11.6 Å². The number of methoxy groups -OCH3 is 2. The van der Waals surface area contributed by atoms with E-state index in [1.807, 2.05) is 34.1 Å². The SMILES string of the molecule is COc1cc2c(cc1OC)C(c1ccccc1)N(CC(=O)N1CCN(c3ccccc3F)CC1)CC2. The van der Waals surface area contributed by atoms with Crippen molar-refractivity contribution in [1.29, 1.82) is 0 Å². The first-order chi connectivity index (χ1) is 17.6. The van der Waals surface area contributed by atoms with Crippen LogP contribution in [0.2, 0.25) is 0 Å². The summed E-state index contributed by atoms with van der Waals surface area (Å²) in [7, 11) is 3.30. The van der Waals surface area contributed by atoms with Crippen LogP contribution in [0.5, 0.6) is 11.5 Å². The van der Waals surface area contributed by atoms with Crippen LogP contribution in [-0.2, 0) is 11.2 Å². The Hall–Kier alpha value is -3.58. The zero-order chi connectivity index (χ0) is 25.1. The number of anilines is 1. The number of fused-ring (bicyclic) bond motifs is 1. The Labute approximate surface area is 211 Å². The molecule has 1 fully saturated rings. The lowest BCUT2D eigenvalue weighted by Crippen LogP contribution is -2.52. The normalized spacial score (nSPS) is 18.0. The van der Waals surface area contributed by atoms with Gasteiger partial charge in [-0.1, -0.05) is 42.5 Å². The lowest BCUT2D eigenvalue weighted by Gasteiger charge is -2.40. The van der Waals surface area contributed by atoms with Gasteiger partial charge in [-0.25, -0.2) is 4.39 Å². The molecule has 2 aliphatic rings. The molecule has 1 atom stereocenters. The number of carbonyl (C=O) groups excluding carboxylic acids is 1. The molecule has 36 heavy (non-hydrogen) atoms. The Morgan fingerprint density at radius 3 is 2.25 bits per heavy atom. The van der Waals surface area contributed by atoms with Crippen LogP contribution >= 0.6 is 0 Å². The van der Waals surface area contributed by atoms with Gasteiger partial charge in [-0.05, 0) is 47.4 Å². The van der Waals surface area contributed by atoms with Gasteiger partial charge in [0.15, 0.2) is 11.5 Å². The number of nitrogens with zero attached hydrogens (tertiary/aromatic N) is 3. The molecule has 2 aliphatic heterocycles. The molecule has 6 nitrogen and oxygen atoms in total. The van der Waals surface area contributed by atoms with E-state index >= 15 is 0 Å². The van der Waals surface area contributed by atoms with Crippen LogP contribution in [0.25, 0.3) is 0 Å². The van der Waals surface area contributed by atoms with E-state index in [0.717, 1.165) is 29.8 Å². The monoisotopic (exact) mass is 489 g/mol. The Balaban J connectivity index is 1.35. The predicted octanol–water partition coefficient (Wildman–Crippen LogP) is 4.14. The highest BCUT2D eigenvalue weighted by atomic mass is 19.1. The highest BCUT2D eigenvalue weighted by molar-refractivity contribution is 5.79. The molecule has 1 amide bonds. The van der Waals surface area contributed by atoms with Crippen LogP contribution in [0.1, 0.15) is 22.7 Å². The van der Waals surface area contributed by atoms with Crippen molar-refractivity contribution in [2.24, 2.45) is 0 Å². The molecule has 0 spiro atoms. The standard InChI is InChI=1S/C29H32FN3O3/c1-35-26-18-22-12-13-33(29(21-8-4-3-5-9-21)23(22)19-27(26)36-2)20-28(34)32-16-14-31(15-17-32)25-11-7-6-10-24(25)30/h3-11,18-19,29H,12-17,20H2,1-2H3. The number of para-hydroxylation sites is 1. The smallest absolute Gasteiger partial charge is 0.236 e. The fourth-order valence-electron chi connectivity index (χ4n) is 5.37. The number of halogens is 1. The molecule has 0 radical (unpaired) electrons. The summed E-state index contributed by atoms with van der Waals surface area (Å²) in [6.45, 7) is 3.50. The van der Waals surface area contributed by atoms with E-state index in [9.17, 15) is 9.18 Å². The summed E-state index contributed by atoms with van der Waals surface area (Å²) in [6, 6.07) is 21.2. The highest BCUT2D eigenvalue weighted by Gasteiger charge is 2.33. The summed E-state index contributed by atoms with van der Waals surface area (Å²) in [5.41, 5.74) is 4.10. The number of hydrogen-bond donors (Lipinski definition) is 0. The molecule has 3 aromatic rings. The predicted molar refractivity (Wildman–Crippen MR) is 138 cm³/mol. The molecule has 0 N–H and O–H groups in total. The minimum absolute atomic E-state index is 0.0570. The fourth-order valence-corrected chi connectivity index (χ4v) is 5.37. The summed E-state index contributed by atoms with van der Waals surface area (Å²) in [5, 5.41) is 0. The third kappa shape index (κ3) is 4.75. The maximum Gasteiger partial charge on any atom is 0.236 e. The number of ether oxygens (including phenoxy) is 2. The molecule has 188 valence electrons. The minimum Gasteiger partial charge on any atom is -0.493 e. The molecule has 2 heterocycles. The van der Waals surface area contributed by atoms with Crippen molar-refractivity contribution in [3.8, 4) is 11.5 Å². The van der Waals surface area contributed by atoms with Crippen LogP contribution in [0, 0.1) is 5.82 Å². The Bertz CT molecular complexity index is 1210. The Morgan fingerprint density at radius 1 is 0.889 bits per heavy atom. The third-order valence-electron chi connectivity index (χ3n) is 7.25. The van der Waals surface area contributed by atoms with E-state index in [1.165, 1.54) is 11.6 Å². The van der Waals surface area contributed by atoms with Gasteiger partial charge >= 0.3 is 0 Å². The van der Waals surface area contributed by atoms with Gasteiger partial charge in [0.05, 0.1) is 32.5 Å². The second kappa shape index (κ2) is 10.6. The van der Waals surface area contributed by atoms with E-state index in [1.54, 1.807) is 26.4 Å². The second-order valence-corrected chi connectivity index (χ2v) is 9.26. The van der Waals surface area contributed by atoms with Crippen molar-refractivity contribution in [1.82, 2.24) is 9.80 Å². The summed E-state index contributed by atoms with van der Waals surface area (Å²) < 4.78 is 25.4. The maximum absolute atomic E-state index is 14.2. The largest absolute Gasteiger partial charge is 0.493 e. The highest BCUT2D eigenvalue weighted by Crippen LogP contribution is 2.41. The van der Waals surface area contributed by atoms with Crippen molar-refractivity contribution in [2.75, 3.05) is 58.4 Å². The Morgan fingerprint density at radius 2 is 1.56 bits per heavy atom. The molecule has 0 bridgehead atoms. The van der Waals surface area contributed by atoms with Crippen molar-refractivity contribution in [3.63, 3.8) is 0 Å². The molecule has 0 aliphatic carbocycles. The zero-order valence-electron chi connectivity index (χ0n) is 20.8. The zero-order valence-corrected chi connectivity index (χ0v) is 20.8. The van der Waals surface area contributed by atoms with Gasteiger partial charge in [-0.15, -0.1) is 0 Å². The number of piperazine rings is 1. The van der Waals surface area contributed by atoms with Gasteiger partial charge < -0.3 is 19.3 Å². The van der Waals surface area contributed by atoms with E-state index in [4.69, 9.17) is 9.47 Å². The molecule has 0 aromatic heterocycles. The molecular formula is C29H32FN3O3. The first-order valence-electron chi connectivity index (χ1n) is 12.4. The molecule has 7 heteroatoms. The van der Waals surface area contributed by atoms with E-state index in [0.29, 0.717) is 44.2 Å². The Kier molecular flexibility index (Phi) is 7.09. The van der Waals surface area contributed by atoms with Gasteiger partial charge in [0.2, 0.25) is 5.91 Å². The summed E-state index contributed by atoms with van der Waals surface area (Å²) >= 11 is 0. The molecule has 0 saturated carbocycles. The van der Waals surface area contributed by atoms with E-state index in [-0.39, 0.29) is 17.8 Å². The molecule has 1 unspecified atom stereocenters. The fraction of sp³-hybridized carbons (Fsp3) is 0.345. The lowest BCUT2D eigenvalue weighted by atomic mass is 9.87. The second-order valence-electron chi connectivity index (χ2n) is 9.26. The quantitative estimate of drug-likeness (QED) is 0.521. The van der Waals surface area contributed by atoms with Crippen LogP contribution in [0.15, 0.2) is 66.7 Å². The first kappa shape index (κ1) is 24.1. The number of benzene rings is 3. The van der Waals surface area contributed by atoms with Gasteiger partial charge in [-0.3, -0.25) is 9.69 Å².